The van der Waals surface area contributed by atoms with Crippen LogP contribution in [0.5, 0.6) is 0 Å². The van der Waals surface area contributed by atoms with Crippen LogP contribution in [0.3, 0.4) is 0 Å². The normalized spacial score (nSPS) is 18.1. The van der Waals surface area contributed by atoms with Crippen LogP contribution in [0.1, 0.15) is 5.69 Å². The van der Waals surface area contributed by atoms with Gasteiger partial charge in [0, 0.05) is 17.3 Å². The number of benzene rings is 2. The Bertz CT molecular complexity index is 910. The summed E-state index contributed by atoms with van der Waals surface area (Å²) in [7, 11) is 0. The van der Waals surface area contributed by atoms with Crippen molar-refractivity contribution in [1.82, 2.24) is 4.57 Å². The van der Waals surface area contributed by atoms with Crippen LogP contribution >= 0.6 is 0 Å². The largest absolute Gasteiger partial charge is 0.317 e. The van der Waals surface area contributed by atoms with Crippen molar-refractivity contribution < 1.29 is 0 Å². The third-order valence-corrected chi connectivity index (χ3v) is 3.59. The summed E-state index contributed by atoms with van der Waals surface area (Å²) in [6.07, 6.45) is 8.64. The average molecular weight is 243 g/mol. The van der Waals surface area contributed by atoms with Crippen molar-refractivity contribution in [1.29, 1.82) is 0 Å². The van der Waals surface area contributed by atoms with Gasteiger partial charge in [0.15, 0.2) is 0 Å². The van der Waals surface area contributed by atoms with Crippen molar-refractivity contribution in [3.63, 3.8) is 0 Å². The monoisotopic (exact) mass is 243 g/mol. The smallest absolute Gasteiger partial charge is 0.0528 e. The quantitative estimate of drug-likeness (QED) is 0.572. The average Bonchev–Trinajstić information content (AvgIpc) is 2.76. The van der Waals surface area contributed by atoms with Crippen molar-refractivity contribution in [2.24, 2.45) is 0 Å². The minimum absolute atomic E-state index is 1.22. The van der Waals surface area contributed by atoms with Crippen LogP contribution in [-0.2, 0) is 0 Å². The van der Waals surface area contributed by atoms with Crippen LogP contribution in [0.2, 0.25) is 0 Å². The van der Waals surface area contributed by atoms with Crippen LogP contribution in [0.15, 0.2) is 60.7 Å². The lowest BCUT2D eigenvalue weighted by Gasteiger charge is -2.03. The van der Waals surface area contributed by atoms with Crippen LogP contribution < -0.4 is 10.4 Å². The molecule has 19 heavy (non-hydrogen) atoms. The molecule has 0 saturated carbocycles. The first kappa shape index (κ1) is 10.4. The van der Waals surface area contributed by atoms with Crippen molar-refractivity contribution in [3.05, 3.63) is 76.8 Å². The summed E-state index contributed by atoms with van der Waals surface area (Å²) in [5.74, 6) is 0. The summed E-state index contributed by atoms with van der Waals surface area (Å²) in [4.78, 5) is 0. The number of allylic oxidation sites excluding steroid dienone is 1. The van der Waals surface area contributed by atoms with Gasteiger partial charge in [-0.3, -0.25) is 0 Å². The molecule has 1 heteroatoms. The second-order valence-electron chi connectivity index (χ2n) is 4.78. The van der Waals surface area contributed by atoms with Crippen LogP contribution in [0.25, 0.3) is 29.3 Å². The van der Waals surface area contributed by atoms with Crippen molar-refractivity contribution in [3.8, 4) is 0 Å². The van der Waals surface area contributed by atoms with E-state index in [1.54, 1.807) is 0 Å². The molecule has 2 aromatic carbocycles. The topological polar surface area (TPSA) is 4.93 Å². The van der Waals surface area contributed by atoms with Gasteiger partial charge in [-0.05, 0) is 34.7 Å². The molecule has 1 aliphatic heterocycles. The summed E-state index contributed by atoms with van der Waals surface area (Å²) < 4.78 is 2.24. The number of hydrogen-bond donors (Lipinski definition) is 0. The molecule has 2 heterocycles. The summed E-state index contributed by atoms with van der Waals surface area (Å²) in [6.45, 7) is 0. The molecule has 3 aromatic rings. The molecule has 1 nitrogen and oxygen atoms in total. The van der Waals surface area contributed by atoms with Gasteiger partial charge in [-0.1, -0.05) is 48.5 Å². The molecule has 0 radical (unpaired) electrons. The lowest BCUT2D eigenvalue weighted by molar-refractivity contribution is 1.19. The fourth-order valence-corrected chi connectivity index (χ4v) is 2.66. The number of fused-ring (bicyclic) bond motifs is 4. The zero-order valence-corrected chi connectivity index (χ0v) is 10.5. The Morgan fingerprint density at radius 1 is 0.789 bits per heavy atom. The molecule has 0 unspecified atom stereocenters. The maximum absolute atomic E-state index is 2.25. The van der Waals surface area contributed by atoms with Crippen LogP contribution in [0.4, 0.5) is 0 Å². The van der Waals surface area contributed by atoms with E-state index in [0.29, 0.717) is 0 Å². The van der Waals surface area contributed by atoms with Crippen molar-refractivity contribution >= 4 is 29.3 Å². The van der Waals surface area contributed by atoms with E-state index >= 15 is 0 Å². The number of nitrogens with zero attached hydrogens (tertiary/aromatic N) is 1. The Hall–Kier alpha value is -2.54. The predicted molar refractivity (Wildman–Crippen MR) is 81.0 cm³/mol. The fourth-order valence-electron chi connectivity index (χ4n) is 2.66. The second-order valence-corrected chi connectivity index (χ2v) is 4.78. The highest BCUT2D eigenvalue weighted by Gasteiger charge is 2.04. The number of rotatable bonds is 0. The number of aromatic nitrogens is 1. The molecule has 1 aliphatic rings. The molecule has 0 aliphatic carbocycles. The van der Waals surface area contributed by atoms with Gasteiger partial charge < -0.3 is 4.57 Å². The zero-order chi connectivity index (χ0) is 12.7. The van der Waals surface area contributed by atoms with Gasteiger partial charge in [-0.25, -0.2) is 0 Å². The first-order chi connectivity index (χ1) is 9.42. The Morgan fingerprint density at radius 3 is 2.53 bits per heavy atom. The molecule has 0 bridgehead atoms. The van der Waals surface area contributed by atoms with Crippen molar-refractivity contribution in [2.75, 3.05) is 0 Å². The fraction of sp³-hybridized carbons (Fsp3) is 0. The summed E-state index contributed by atoms with van der Waals surface area (Å²) in [5, 5.41) is 3.80. The maximum atomic E-state index is 2.25. The molecule has 0 amide bonds. The third kappa shape index (κ3) is 1.63. The van der Waals surface area contributed by atoms with E-state index in [0.717, 1.165) is 0 Å². The third-order valence-electron chi connectivity index (χ3n) is 3.59. The zero-order valence-electron chi connectivity index (χ0n) is 10.5. The van der Waals surface area contributed by atoms with E-state index in [4.69, 9.17) is 0 Å². The Kier molecular flexibility index (Phi) is 2.18. The molecular formula is C18H13N. The van der Waals surface area contributed by atoms with Crippen LogP contribution in [-0.4, -0.2) is 4.57 Å². The first-order valence-corrected chi connectivity index (χ1v) is 6.47. The predicted octanol–water partition coefficient (Wildman–Crippen LogP) is 2.73. The minimum Gasteiger partial charge on any atom is -0.317 e. The van der Waals surface area contributed by atoms with Gasteiger partial charge in [0.05, 0.1) is 5.52 Å². The van der Waals surface area contributed by atoms with Crippen LogP contribution in [0, 0.1) is 0 Å². The molecule has 0 saturated heterocycles. The lowest BCUT2D eigenvalue weighted by Crippen LogP contribution is -2.24. The molecular weight excluding hydrogens is 230 g/mol. The standard InChI is InChI=1S/C18H13N/c1-2-7-15-12-17-13-16-8-3-4-10-18(16)19(17)11-5-9-14(15)6-1/h1-13H/b11-5-,14-9-,15-12-. The minimum atomic E-state index is 1.22. The molecule has 0 spiro atoms. The van der Waals surface area contributed by atoms with E-state index in [1.807, 2.05) is 0 Å². The lowest BCUT2D eigenvalue weighted by atomic mass is 10.2. The number of hydrogen-bond acceptors (Lipinski definition) is 0. The number of para-hydroxylation sites is 1. The van der Waals surface area contributed by atoms with E-state index < -0.39 is 0 Å². The SMILES string of the molecule is C1=C\n2c(cc3ccccc32)/C=c2/cccc/c2=C/1. The molecule has 0 N–H and O–H groups in total. The Labute approximate surface area is 111 Å². The summed E-state index contributed by atoms with van der Waals surface area (Å²) >= 11 is 0. The highest BCUT2D eigenvalue weighted by atomic mass is 15.0. The summed E-state index contributed by atoms with van der Waals surface area (Å²) in [5.41, 5.74) is 2.47. The highest BCUT2D eigenvalue weighted by Crippen LogP contribution is 2.20. The van der Waals surface area contributed by atoms with Gasteiger partial charge >= 0.3 is 0 Å². The maximum Gasteiger partial charge on any atom is 0.0528 e. The molecule has 4 rings (SSSR count). The first-order valence-electron chi connectivity index (χ1n) is 6.47. The summed E-state index contributed by atoms with van der Waals surface area (Å²) in [6, 6.07) is 19.2. The van der Waals surface area contributed by atoms with E-state index in [1.165, 1.54) is 27.0 Å². The van der Waals surface area contributed by atoms with Gasteiger partial charge in [-0.15, -0.1) is 0 Å². The van der Waals surface area contributed by atoms with Gasteiger partial charge in [-0.2, -0.15) is 0 Å². The molecule has 0 fully saturated rings. The molecule has 1 aromatic heterocycles. The molecule has 90 valence electrons. The van der Waals surface area contributed by atoms with E-state index in [2.05, 4.69) is 83.6 Å². The van der Waals surface area contributed by atoms with E-state index in [9.17, 15) is 0 Å². The Balaban J connectivity index is 2.14. The Morgan fingerprint density at radius 2 is 1.58 bits per heavy atom. The van der Waals surface area contributed by atoms with Gasteiger partial charge in [0.1, 0.15) is 0 Å². The molecule has 0 atom stereocenters. The highest BCUT2D eigenvalue weighted by molar-refractivity contribution is 5.86. The second kappa shape index (κ2) is 3.99. The van der Waals surface area contributed by atoms with E-state index in [-0.39, 0.29) is 0 Å². The van der Waals surface area contributed by atoms with Crippen molar-refractivity contribution in [2.45, 2.75) is 0 Å². The van der Waals surface area contributed by atoms with Gasteiger partial charge in [0.2, 0.25) is 0 Å². The van der Waals surface area contributed by atoms with Gasteiger partial charge in [0.25, 0.3) is 0 Å².